The van der Waals surface area contributed by atoms with Gasteiger partial charge < -0.3 is 23.7 Å². The lowest BCUT2D eigenvalue weighted by molar-refractivity contribution is 0.0916. The zero-order valence-electron chi connectivity index (χ0n) is 16.6. The van der Waals surface area contributed by atoms with Crippen LogP contribution in [0, 0.1) is 5.92 Å². The van der Waals surface area contributed by atoms with Gasteiger partial charge >= 0.3 is 6.09 Å². The fraction of sp³-hybridized carbons (Fsp3) is 0.476. The number of nitrogens with zero attached hydrogens (tertiary/aromatic N) is 4. The number of carbonyl (C=O) groups excluding carboxylic acids is 1. The number of aliphatic hydroxyl groups is 1. The molecule has 29 heavy (non-hydrogen) atoms. The summed E-state index contributed by atoms with van der Waals surface area (Å²) in [7, 11) is 0. The molecule has 0 aliphatic carbocycles. The molecule has 0 saturated carbocycles. The van der Waals surface area contributed by atoms with Gasteiger partial charge in [-0.1, -0.05) is 0 Å². The molecule has 0 spiro atoms. The molecule has 8 heteroatoms. The van der Waals surface area contributed by atoms with Crippen LogP contribution in [0.3, 0.4) is 0 Å². The van der Waals surface area contributed by atoms with Crippen molar-refractivity contribution < 1.29 is 19.1 Å². The second-order valence-corrected chi connectivity index (χ2v) is 7.32. The third-order valence-corrected chi connectivity index (χ3v) is 5.38. The molecule has 3 aromatic rings. The molecule has 0 atom stereocenters. The van der Waals surface area contributed by atoms with Crippen molar-refractivity contribution in [1.29, 1.82) is 0 Å². The van der Waals surface area contributed by atoms with Gasteiger partial charge in [0.1, 0.15) is 29.5 Å². The molecule has 3 aromatic heterocycles. The van der Waals surface area contributed by atoms with Gasteiger partial charge in [-0.05, 0) is 49.9 Å². The first kappa shape index (κ1) is 19.4. The van der Waals surface area contributed by atoms with Crippen LogP contribution in [0.15, 0.2) is 34.9 Å². The number of rotatable bonds is 6. The summed E-state index contributed by atoms with van der Waals surface area (Å²) in [6.07, 6.45) is 4.21. The quantitative estimate of drug-likeness (QED) is 0.686. The van der Waals surface area contributed by atoms with Crippen LogP contribution >= 0.6 is 0 Å². The number of piperidine rings is 1. The SMILES string of the molecule is CCOC(=O)N1CCC(Cc2nc3cccnc3n2Cc2ccc(CO)o2)CC1. The molecule has 4 heterocycles. The Hall–Kier alpha value is -2.87. The van der Waals surface area contributed by atoms with Crippen LogP contribution in [0.5, 0.6) is 0 Å². The van der Waals surface area contributed by atoms with Crippen molar-refractivity contribution >= 4 is 17.3 Å². The van der Waals surface area contributed by atoms with E-state index >= 15 is 0 Å². The number of furan rings is 1. The maximum absolute atomic E-state index is 11.9. The van der Waals surface area contributed by atoms with Crippen molar-refractivity contribution in [1.82, 2.24) is 19.4 Å². The standard InChI is InChI=1S/C21H26N4O4/c1-2-28-21(27)24-10-7-15(8-11-24)12-19-23-18-4-3-9-22-20(18)25(19)13-16-5-6-17(14-26)29-16/h3-6,9,15,26H,2,7-8,10-14H2,1H3. The lowest BCUT2D eigenvalue weighted by Gasteiger charge is -2.31. The maximum Gasteiger partial charge on any atom is 0.409 e. The van der Waals surface area contributed by atoms with E-state index in [4.69, 9.17) is 14.1 Å². The van der Waals surface area contributed by atoms with E-state index in [1.165, 1.54) is 0 Å². The molecular formula is C21H26N4O4. The number of imidazole rings is 1. The Labute approximate surface area is 169 Å². The fourth-order valence-electron chi connectivity index (χ4n) is 3.87. The summed E-state index contributed by atoms with van der Waals surface area (Å²) in [6.45, 7) is 4.05. The van der Waals surface area contributed by atoms with E-state index in [0.29, 0.717) is 37.9 Å². The monoisotopic (exact) mass is 398 g/mol. The first-order valence-corrected chi connectivity index (χ1v) is 10.1. The van der Waals surface area contributed by atoms with Crippen molar-refractivity contribution in [3.8, 4) is 0 Å². The highest BCUT2D eigenvalue weighted by Crippen LogP contribution is 2.25. The van der Waals surface area contributed by atoms with Gasteiger partial charge in [-0.2, -0.15) is 0 Å². The molecule has 0 radical (unpaired) electrons. The van der Waals surface area contributed by atoms with E-state index < -0.39 is 0 Å². The minimum Gasteiger partial charge on any atom is -0.462 e. The molecular weight excluding hydrogens is 372 g/mol. The number of amides is 1. The summed E-state index contributed by atoms with van der Waals surface area (Å²) in [6, 6.07) is 7.51. The number of likely N-dealkylation sites (tertiary alicyclic amines) is 1. The highest BCUT2D eigenvalue weighted by atomic mass is 16.6. The lowest BCUT2D eigenvalue weighted by atomic mass is 9.93. The molecule has 0 aromatic carbocycles. The summed E-state index contributed by atoms with van der Waals surface area (Å²) < 4.78 is 12.9. The van der Waals surface area contributed by atoms with Crippen molar-refractivity contribution in [3.05, 3.63) is 47.8 Å². The molecule has 8 nitrogen and oxygen atoms in total. The molecule has 1 amide bonds. The number of ether oxygens (including phenoxy) is 1. The largest absolute Gasteiger partial charge is 0.462 e. The maximum atomic E-state index is 11.9. The van der Waals surface area contributed by atoms with Gasteiger partial charge in [-0.3, -0.25) is 0 Å². The number of pyridine rings is 1. The summed E-state index contributed by atoms with van der Waals surface area (Å²) in [4.78, 5) is 23.0. The van der Waals surface area contributed by atoms with Crippen LogP contribution in [0.25, 0.3) is 11.2 Å². The summed E-state index contributed by atoms with van der Waals surface area (Å²) >= 11 is 0. The molecule has 1 fully saturated rings. The summed E-state index contributed by atoms with van der Waals surface area (Å²) in [5.74, 6) is 2.72. The molecule has 1 aliphatic rings. The van der Waals surface area contributed by atoms with E-state index in [1.807, 2.05) is 25.1 Å². The minimum atomic E-state index is -0.222. The third kappa shape index (κ3) is 4.27. The number of aromatic nitrogens is 3. The van der Waals surface area contributed by atoms with Crippen LogP contribution in [-0.4, -0.2) is 50.3 Å². The number of carbonyl (C=O) groups is 1. The van der Waals surface area contributed by atoms with Gasteiger partial charge in [-0.25, -0.2) is 14.8 Å². The predicted molar refractivity (Wildman–Crippen MR) is 106 cm³/mol. The number of aliphatic hydroxyl groups excluding tert-OH is 1. The Bertz CT molecular complexity index is 972. The third-order valence-electron chi connectivity index (χ3n) is 5.38. The van der Waals surface area contributed by atoms with Gasteiger partial charge in [0, 0.05) is 25.7 Å². The van der Waals surface area contributed by atoms with Crippen LogP contribution in [-0.2, 0) is 24.3 Å². The Morgan fingerprint density at radius 1 is 1.28 bits per heavy atom. The van der Waals surface area contributed by atoms with Gasteiger partial charge in [0.15, 0.2) is 5.65 Å². The summed E-state index contributed by atoms with van der Waals surface area (Å²) in [5.41, 5.74) is 1.69. The Morgan fingerprint density at radius 3 is 2.79 bits per heavy atom. The highest BCUT2D eigenvalue weighted by Gasteiger charge is 2.25. The number of hydrogen-bond donors (Lipinski definition) is 1. The van der Waals surface area contributed by atoms with Gasteiger partial charge in [-0.15, -0.1) is 0 Å². The molecule has 0 bridgehead atoms. The Balaban J connectivity index is 1.51. The minimum absolute atomic E-state index is 0.116. The molecule has 4 rings (SSSR count). The predicted octanol–water partition coefficient (Wildman–Crippen LogP) is 2.98. The number of fused-ring (bicyclic) bond motifs is 1. The van der Waals surface area contributed by atoms with Crippen molar-refractivity contribution in [3.63, 3.8) is 0 Å². The number of hydrogen-bond acceptors (Lipinski definition) is 6. The summed E-state index contributed by atoms with van der Waals surface area (Å²) in [5, 5.41) is 9.25. The van der Waals surface area contributed by atoms with Crippen LogP contribution < -0.4 is 0 Å². The van der Waals surface area contributed by atoms with Gasteiger partial charge in [0.05, 0.1) is 13.2 Å². The normalized spacial score (nSPS) is 15.2. The van der Waals surface area contributed by atoms with Gasteiger partial charge in [0.2, 0.25) is 0 Å². The van der Waals surface area contributed by atoms with E-state index in [1.54, 1.807) is 17.2 Å². The Kier molecular flexibility index (Phi) is 5.80. The van der Waals surface area contributed by atoms with Crippen LogP contribution in [0.2, 0.25) is 0 Å². The Morgan fingerprint density at radius 2 is 2.07 bits per heavy atom. The van der Waals surface area contributed by atoms with E-state index in [9.17, 15) is 9.90 Å². The van der Waals surface area contributed by atoms with Crippen molar-refractivity contribution in [2.75, 3.05) is 19.7 Å². The molecule has 1 saturated heterocycles. The topological polar surface area (TPSA) is 93.6 Å². The van der Waals surface area contributed by atoms with E-state index in [2.05, 4.69) is 9.55 Å². The molecule has 0 unspecified atom stereocenters. The smallest absolute Gasteiger partial charge is 0.409 e. The van der Waals surface area contributed by atoms with Gasteiger partial charge in [0.25, 0.3) is 0 Å². The molecule has 1 N–H and O–H groups in total. The first-order valence-electron chi connectivity index (χ1n) is 10.1. The second-order valence-electron chi connectivity index (χ2n) is 7.32. The highest BCUT2D eigenvalue weighted by molar-refractivity contribution is 5.71. The zero-order valence-corrected chi connectivity index (χ0v) is 16.6. The average molecular weight is 398 g/mol. The van der Waals surface area contributed by atoms with Crippen molar-refractivity contribution in [2.24, 2.45) is 5.92 Å². The van der Waals surface area contributed by atoms with Crippen LogP contribution in [0.4, 0.5) is 4.79 Å². The first-order chi connectivity index (χ1) is 14.2. The average Bonchev–Trinajstić information content (AvgIpc) is 3.34. The fourth-order valence-corrected chi connectivity index (χ4v) is 3.87. The lowest BCUT2D eigenvalue weighted by Crippen LogP contribution is -2.39. The molecule has 1 aliphatic heterocycles. The molecule has 154 valence electrons. The van der Waals surface area contributed by atoms with E-state index in [0.717, 1.165) is 42.0 Å². The zero-order chi connectivity index (χ0) is 20.2. The second kappa shape index (κ2) is 8.65. The van der Waals surface area contributed by atoms with E-state index in [-0.39, 0.29) is 12.7 Å². The van der Waals surface area contributed by atoms with Crippen molar-refractivity contribution in [2.45, 2.75) is 39.3 Å². The van der Waals surface area contributed by atoms with Crippen LogP contribution in [0.1, 0.15) is 37.1 Å².